The van der Waals surface area contributed by atoms with Crippen LogP contribution in [0.25, 0.3) is 0 Å². The molecule has 1 saturated heterocycles. The molecule has 0 saturated carbocycles. The number of hydrogen-bond donors (Lipinski definition) is 1. The number of halogens is 1. The van der Waals surface area contributed by atoms with Gasteiger partial charge in [-0.1, -0.05) is 42.5 Å². The fourth-order valence-electron chi connectivity index (χ4n) is 3.01. The summed E-state index contributed by atoms with van der Waals surface area (Å²) in [6.45, 7) is 1.43. The number of amides is 2. The van der Waals surface area contributed by atoms with Gasteiger partial charge in [-0.15, -0.1) is 0 Å². The van der Waals surface area contributed by atoms with E-state index in [1.165, 1.54) is 17.7 Å². The van der Waals surface area contributed by atoms with Crippen molar-refractivity contribution in [1.29, 1.82) is 0 Å². The second-order valence-corrected chi connectivity index (χ2v) is 6.32. The molecule has 5 heteroatoms. The maximum Gasteiger partial charge on any atom is 0.225 e. The first-order chi connectivity index (χ1) is 12.1. The minimum Gasteiger partial charge on any atom is -0.352 e. The van der Waals surface area contributed by atoms with Crippen LogP contribution < -0.4 is 5.32 Å². The topological polar surface area (TPSA) is 49.4 Å². The Bertz CT molecular complexity index is 731. The molecular weight excluding hydrogens is 319 g/mol. The van der Waals surface area contributed by atoms with Crippen LogP contribution in [0.5, 0.6) is 0 Å². The number of hydrogen-bond acceptors (Lipinski definition) is 2. The summed E-state index contributed by atoms with van der Waals surface area (Å²) in [5.74, 6) is -0.716. The number of benzene rings is 2. The molecule has 1 N–H and O–H groups in total. The molecule has 1 aliphatic rings. The van der Waals surface area contributed by atoms with Crippen molar-refractivity contribution in [1.82, 2.24) is 10.2 Å². The summed E-state index contributed by atoms with van der Waals surface area (Å²) in [5, 5.41) is 2.83. The van der Waals surface area contributed by atoms with Crippen LogP contribution in [0, 0.1) is 11.7 Å². The van der Waals surface area contributed by atoms with Crippen LogP contribution in [0.1, 0.15) is 17.5 Å². The molecule has 0 spiro atoms. The van der Waals surface area contributed by atoms with Crippen molar-refractivity contribution < 1.29 is 14.0 Å². The maximum atomic E-state index is 12.9. The lowest BCUT2D eigenvalue weighted by Crippen LogP contribution is -2.33. The first kappa shape index (κ1) is 17.1. The quantitative estimate of drug-likeness (QED) is 0.878. The molecule has 2 aromatic rings. The molecule has 0 bridgehead atoms. The maximum absolute atomic E-state index is 12.9. The van der Waals surface area contributed by atoms with Crippen molar-refractivity contribution in [2.45, 2.75) is 19.4 Å². The predicted octanol–water partition coefficient (Wildman–Crippen LogP) is 2.53. The van der Waals surface area contributed by atoms with Gasteiger partial charge in [0.05, 0.1) is 5.92 Å². The van der Waals surface area contributed by atoms with Gasteiger partial charge in [0.1, 0.15) is 5.82 Å². The average Bonchev–Trinajstić information content (AvgIpc) is 3.01. The smallest absolute Gasteiger partial charge is 0.225 e. The highest BCUT2D eigenvalue weighted by atomic mass is 19.1. The summed E-state index contributed by atoms with van der Waals surface area (Å²) in [6, 6.07) is 16.0. The molecule has 130 valence electrons. The summed E-state index contributed by atoms with van der Waals surface area (Å²) in [4.78, 5) is 26.2. The van der Waals surface area contributed by atoms with E-state index in [1.54, 1.807) is 17.0 Å². The van der Waals surface area contributed by atoms with Gasteiger partial charge < -0.3 is 10.2 Å². The molecule has 0 unspecified atom stereocenters. The van der Waals surface area contributed by atoms with Crippen LogP contribution in [0.2, 0.25) is 0 Å². The largest absolute Gasteiger partial charge is 0.352 e. The van der Waals surface area contributed by atoms with E-state index in [1.807, 2.05) is 30.3 Å². The zero-order chi connectivity index (χ0) is 17.6. The van der Waals surface area contributed by atoms with Crippen molar-refractivity contribution in [3.8, 4) is 0 Å². The van der Waals surface area contributed by atoms with Gasteiger partial charge in [0, 0.05) is 26.1 Å². The normalized spacial score (nSPS) is 16.9. The summed E-state index contributed by atoms with van der Waals surface area (Å²) in [6.07, 6.45) is 1.04. The van der Waals surface area contributed by atoms with E-state index < -0.39 is 0 Å². The molecule has 2 amide bonds. The molecule has 1 atom stereocenters. The molecule has 1 fully saturated rings. The SMILES string of the molecule is O=C(NCc1ccc(F)cc1)[C@@H]1CC(=O)N(CCc2ccccc2)C1. The second kappa shape index (κ2) is 7.92. The van der Waals surface area contributed by atoms with E-state index in [9.17, 15) is 14.0 Å². The molecule has 0 aromatic heterocycles. The Balaban J connectivity index is 1.47. The molecule has 25 heavy (non-hydrogen) atoms. The van der Waals surface area contributed by atoms with E-state index in [0.29, 0.717) is 19.6 Å². The highest BCUT2D eigenvalue weighted by Gasteiger charge is 2.33. The van der Waals surface area contributed by atoms with Gasteiger partial charge in [-0.2, -0.15) is 0 Å². The van der Waals surface area contributed by atoms with E-state index in [-0.39, 0.29) is 30.0 Å². The summed E-state index contributed by atoms with van der Waals surface area (Å²) in [7, 11) is 0. The standard InChI is InChI=1S/C20H21FN2O2/c21-18-8-6-16(7-9-18)13-22-20(25)17-12-19(24)23(14-17)11-10-15-4-2-1-3-5-15/h1-9,17H,10-14H2,(H,22,25)/t17-/m1/s1. The zero-order valence-electron chi connectivity index (χ0n) is 14.0. The number of likely N-dealkylation sites (tertiary alicyclic amines) is 1. The lowest BCUT2D eigenvalue weighted by Gasteiger charge is -2.16. The van der Waals surface area contributed by atoms with Gasteiger partial charge in [0.25, 0.3) is 0 Å². The average molecular weight is 340 g/mol. The fourth-order valence-corrected chi connectivity index (χ4v) is 3.01. The third kappa shape index (κ3) is 4.66. The van der Waals surface area contributed by atoms with Gasteiger partial charge in [0.15, 0.2) is 0 Å². The van der Waals surface area contributed by atoms with Crippen LogP contribution in [0.3, 0.4) is 0 Å². The van der Waals surface area contributed by atoms with Gasteiger partial charge in [-0.3, -0.25) is 9.59 Å². The summed E-state index contributed by atoms with van der Waals surface area (Å²) >= 11 is 0. The molecule has 1 aliphatic heterocycles. The van der Waals surface area contributed by atoms with Crippen LogP contribution in [0.4, 0.5) is 4.39 Å². The summed E-state index contributed by atoms with van der Waals surface area (Å²) in [5.41, 5.74) is 2.01. The van der Waals surface area contributed by atoms with Crippen molar-refractivity contribution in [3.05, 3.63) is 71.5 Å². The number of nitrogens with zero attached hydrogens (tertiary/aromatic N) is 1. The lowest BCUT2D eigenvalue weighted by molar-refractivity contribution is -0.129. The minimum atomic E-state index is -0.316. The first-order valence-electron chi connectivity index (χ1n) is 8.45. The minimum absolute atomic E-state index is 0.0258. The Morgan fingerprint density at radius 3 is 2.52 bits per heavy atom. The molecule has 1 heterocycles. The Labute approximate surface area is 146 Å². The lowest BCUT2D eigenvalue weighted by atomic mass is 10.1. The van der Waals surface area contributed by atoms with E-state index >= 15 is 0 Å². The molecule has 0 radical (unpaired) electrons. The van der Waals surface area contributed by atoms with Gasteiger partial charge in [-0.25, -0.2) is 4.39 Å². The van der Waals surface area contributed by atoms with Crippen LogP contribution in [-0.4, -0.2) is 29.8 Å². The zero-order valence-corrected chi connectivity index (χ0v) is 14.0. The van der Waals surface area contributed by atoms with Crippen molar-refractivity contribution in [2.24, 2.45) is 5.92 Å². The van der Waals surface area contributed by atoms with E-state index in [2.05, 4.69) is 5.32 Å². The predicted molar refractivity (Wildman–Crippen MR) is 93.1 cm³/mol. The second-order valence-electron chi connectivity index (χ2n) is 6.32. The van der Waals surface area contributed by atoms with Crippen LogP contribution in [0.15, 0.2) is 54.6 Å². The molecular formula is C20H21FN2O2. The third-order valence-corrected chi connectivity index (χ3v) is 4.48. The van der Waals surface area contributed by atoms with Crippen molar-refractivity contribution >= 4 is 11.8 Å². The molecule has 2 aromatic carbocycles. The number of rotatable bonds is 6. The van der Waals surface area contributed by atoms with Crippen molar-refractivity contribution in [3.63, 3.8) is 0 Å². The Morgan fingerprint density at radius 1 is 1.08 bits per heavy atom. The third-order valence-electron chi connectivity index (χ3n) is 4.48. The highest BCUT2D eigenvalue weighted by molar-refractivity contribution is 5.89. The molecule has 4 nitrogen and oxygen atoms in total. The Kier molecular flexibility index (Phi) is 5.43. The summed E-state index contributed by atoms with van der Waals surface area (Å²) < 4.78 is 12.9. The molecule has 0 aliphatic carbocycles. The number of nitrogens with one attached hydrogen (secondary N) is 1. The fraction of sp³-hybridized carbons (Fsp3) is 0.300. The number of carbonyl (C=O) groups excluding carboxylic acids is 2. The first-order valence-corrected chi connectivity index (χ1v) is 8.45. The van der Waals surface area contributed by atoms with Gasteiger partial charge in [-0.05, 0) is 29.7 Å². The Hall–Kier alpha value is -2.69. The van der Waals surface area contributed by atoms with Gasteiger partial charge in [0.2, 0.25) is 11.8 Å². The van der Waals surface area contributed by atoms with Crippen LogP contribution >= 0.6 is 0 Å². The van der Waals surface area contributed by atoms with Gasteiger partial charge >= 0.3 is 0 Å². The van der Waals surface area contributed by atoms with E-state index in [0.717, 1.165) is 12.0 Å². The van der Waals surface area contributed by atoms with Crippen LogP contribution in [-0.2, 0) is 22.6 Å². The van der Waals surface area contributed by atoms with Crippen molar-refractivity contribution in [2.75, 3.05) is 13.1 Å². The van der Waals surface area contributed by atoms with E-state index in [4.69, 9.17) is 0 Å². The monoisotopic (exact) mass is 340 g/mol. The Morgan fingerprint density at radius 2 is 1.80 bits per heavy atom. The highest BCUT2D eigenvalue weighted by Crippen LogP contribution is 2.18. The number of carbonyl (C=O) groups is 2. The molecule has 3 rings (SSSR count).